The van der Waals surface area contributed by atoms with Gasteiger partial charge in [-0.25, -0.2) is 0 Å². The fraction of sp³-hybridized carbons (Fsp3) is 1.00. The lowest BCUT2D eigenvalue weighted by Gasteiger charge is -2.38. The highest BCUT2D eigenvalue weighted by Crippen LogP contribution is 2.37. The summed E-state index contributed by atoms with van der Waals surface area (Å²) in [6, 6.07) is 1.43. The molecule has 1 aliphatic carbocycles. The fourth-order valence-electron chi connectivity index (χ4n) is 3.49. The Hall–Kier alpha value is -0.0800. The van der Waals surface area contributed by atoms with Crippen LogP contribution in [0.4, 0.5) is 0 Å². The van der Waals surface area contributed by atoms with Gasteiger partial charge in [-0.15, -0.1) is 0 Å². The molecular weight excluding hydrogens is 244 g/mol. The molecule has 1 unspecified atom stereocenters. The topological polar surface area (TPSA) is 15.3 Å². The molecule has 0 aliphatic heterocycles. The van der Waals surface area contributed by atoms with Gasteiger partial charge in [0.25, 0.3) is 0 Å². The minimum absolute atomic E-state index is 0.495. The molecular formula is C18H38N2. The molecule has 120 valence electrons. The summed E-state index contributed by atoms with van der Waals surface area (Å²) in [5.41, 5.74) is 0.495. The van der Waals surface area contributed by atoms with Gasteiger partial charge in [0.15, 0.2) is 0 Å². The van der Waals surface area contributed by atoms with Gasteiger partial charge in [-0.05, 0) is 63.5 Å². The Morgan fingerprint density at radius 3 is 2.00 bits per heavy atom. The lowest BCUT2D eigenvalue weighted by molar-refractivity contribution is 0.154. The molecule has 0 radical (unpaired) electrons. The Morgan fingerprint density at radius 1 is 1.05 bits per heavy atom. The summed E-state index contributed by atoms with van der Waals surface area (Å²) in [6.07, 6.45) is 6.82. The normalized spacial score (nSPS) is 26.2. The lowest BCUT2D eigenvalue weighted by atomic mass is 9.71. The molecule has 0 saturated heterocycles. The Balaban J connectivity index is 2.32. The first-order valence-corrected chi connectivity index (χ1v) is 8.60. The zero-order chi connectivity index (χ0) is 15.3. The molecule has 1 fully saturated rings. The van der Waals surface area contributed by atoms with Crippen LogP contribution in [0.3, 0.4) is 0 Å². The third-order valence-corrected chi connectivity index (χ3v) is 5.07. The molecule has 0 aromatic rings. The summed E-state index contributed by atoms with van der Waals surface area (Å²) >= 11 is 0. The van der Waals surface area contributed by atoms with Gasteiger partial charge < -0.3 is 10.2 Å². The molecule has 0 spiro atoms. The van der Waals surface area contributed by atoms with Crippen LogP contribution >= 0.6 is 0 Å². The van der Waals surface area contributed by atoms with E-state index in [0.29, 0.717) is 11.5 Å². The molecule has 0 amide bonds. The van der Waals surface area contributed by atoms with Crippen LogP contribution in [0, 0.1) is 17.3 Å². The smallest absolute Gasteiger partial charge is 0.0217 e. The maximum Gasteiger partial charge on any atom is 0.0217 e. The molecule has 2 heteroatoms. The van der Waals surface area contributed by atoms with Gasteiger partial charge in [-0.3, -0.25) is 0 Å². The average Bonchev–Trinajstić information content (AvgIpc) is 2.33. The number of hydrogen-bond acceptors (Lipinski definition) is 2. The Morgan fingerprint density at radius 2 is 1.60 bits per heavy atom. The minimum atomic E-state index is 0.495. The second kappa shape index (κ2) is 7.79. The molecule has 0 bridgehead atoms. The van der Waals surface area contributed by atoms with Gasteiger partial charge >= 0.3 is 0 Å². The van der Waals surface area contributed by atoms with Crippen LogP contribution in [0.25, 0.3) is 0 Å². The number of hydrogen-bond donors (Lipinski definition) is 1. The summed E-state index contributed by atoms with van der Waals surface area (Å²) in [7, 11) is 4.43. The van der Waals surface area contributed by atoms with Crippen molar-refractivity contribution < 1.29 is 0 Å². The van der Waals surface area contributed by atoms with Gasteiger partial charge in [0.2, 0.25) is 0 Å². The minimum Gasteiger partial charge on any atom is -0.312 e. The number of nitrogens with zero attached hydrogens (tertiary/aromatic N) is 1. The Labute approximate surface area is 127 Å². The quantitative estimate of drug-likeness (QED) is 0.787. The van der Waals surface area contributed by atoms with Crippen molar-refractivity contribution in [1.29, 1.82) is 0 Å². The highest BCUT2D eigenvalue weighted by Gasteiger charge is 2.29. The summed E-state index contributed by atoms with van der Waals surface area (Å²) in [5, 5.41) is 3.84. The highest BCUT2D eigenvalue weighted by molar-refractivity contribution is 4.84. The van der Waals surface area contributed by atoms with Crippen LogP contribution in [0.2, 0.25) is 0 Å². The maximum atomic E-state index is 3.84. The largest absolute Gasteiger partial charge is 0.312 e. The Bertz CT molecular complexity index is 257. The van der Waals surface area contributed by atoms with Gasteiger partial charge in [0, 0.05) is 18.6 Å². The standard InChI is InChI=1S/C18H38N2/c1-14(2)12-17(20(6)7)13-19-16-10-8-15(9-11-16)18(3,4)5/h14-17,19H,8-13H2,1-7H3. The second-order valence-corrected chi connectivity index (χ2v) is 8.57. The molecule has 2 nitrogen and oxygen atoms in total. The first kappa shape index (κ1) is 18.0. The van der Waals surface area contributed by atoms with E-state index < -0.39 is 0 Å². The van der Waals surface area contributed by atoms with Crippen molar-refractivity contribution in [1.82, 2.24) is 10.2 Å². The zero-order valence-corrected chi connectivity index (χ0v) is 15.0. The van der Waals surface area contributed by atoms with E-state index in [1.165, 1.54) is 32.1 Å². The predicted octanol–water partition coefficient (Wildman–Crippen LogP) is 4.16. The summed E-state index contributed by atoms with van der Waals surface area (Å²) < 4.78 is 0. The Kier molecular flexibility index (Phi) is 7.00. The van der Waals surface area contributed by atoms with Crippen molar-refractivity contribution in [3.63, 3.8) is 0 Å². The SMILES string of the molecule is CC(C)CC(CNC1CCC(C(C)(C)C)CC1)N(C)C. The van der Waals surface area contributed by atoms with E-state index >= 15 is 0 Å². The molecule has 1 aliphatic rings. The summed E-state index contributed by atoms with van der Waals surface area (Å²) in [4.78, 5) is 2.38. The monoisotopic (exact) mass is 282 g/mol. The second-order valence-electron chi connectivity index (χ2n) is 8.57. The van der Waals surface area contributed by atoms with Gasteiger partial charge in [0.05, 0.1) is 0 Å². The first-order chi connectivity index (χ1) is 9.20. The third kappa shape index (κ3) is 6.13. The van der Waals surface area contributed by atoms with Crippen molar-refractivity contribution in [3.8, 4) is 0 Å². The van der Waals surface area contributed by atoms with Gasteiger partial charge in [-0.2, -0.15) is 0 Å². The highest BCUT2D eigenvalue weighted by atomic mass is 15.1. The molecule has 0 aromatic heterocycles. The number of nitrogens with one attached hydrogen (secondary N) is 1. The van der Waals surface area contributed by atoms with Crippen molar-refractivity contribution in [3.05, 3.63) is 0 Å². The zero-order valence-electron chi connectivity index (χ0n) is 15.0. The maximum absolute atomic E-state index is 3.84. The molecule has 1 saturated carbocycles. The number of rotatable bonds is 6. The van der Waals surface area contributed by atoms with Crippen LogP contribution in [0.5, 0.6) is 0 Å². The van der Waals surface area contributed by atoms with Crippen LogP contribution in [-0.2, 0) is 0 Å². The van der Waals surface area contributed by atoms with Crippen LogP contribution in [0.15, 0.2) is 0 Å². The summed E-state index contributed by atoms with van der Waals surface area (Å²) in [6.45, 7) is 13.0. The van der Waals surface area contributed by atoms with E-state index in [9.17, 15) is 0 Å². The molecule has 1 rings (SSSR count). The van der Waals surface area contributed by atoms with Crippen molar-refractivity contribution in [2.24, 2.45) is 17.3 Å². The first-order valence-electron chi connectivity index (χ1n) is 8.60. The van der Waals surface area contributed by atoms with E-state index in [1.807, 2.05) is 0 Å². The van der Waals surface area contributed by atoms with Crippen molar-refractivity contribution >= 4 is 0 Å². The van der Waals surface area contributed by atoms with Crippen molar-refractivity contribution in [2.45, 2.75) is 78.8 Å². The molecule has 0 aromatic carbocycles. The molecule has 1 atom stereocenters. The van der Waals surface area contributed by atoms with Crippen LogP contribution in [0.1, 0.15) is 66.7 Å². The molecule has 0 heterocycles. The van der Waals surface area contributed by atoms with Crippen LogP contribution in [-0.4, -0.2) is 37.6 Å². The van der Waals surface area contributed by atoms with E-state index in [4.69, 9.17) is 0 Å². The summed E-state index contributed by atoms with van der Waals surface area (Å²) in [5.74, 6) is 1.70. The van der Waals surface area contributed by atoms with E-state index in [-0.39, 0.29) is 0 Å². The van der Waals surface area contributed by atoms with E-state index in [1.54, 1.807) is 0 Å². The van der Waals surface area contributed by atoms with Gasteiger partial charge in [-0.1, -0.05) is 34.6 Å². The average molecular weight is 283 g/mol. The third-order valence-electron chi connectivity index (χ3n) is 5.07. The van der Waals surface area contributed by atoms with Gasteiger partial charge in [0.1, 0.15) is 0 Å². The molecule has 1 N–H and O–H groups in total. The van der Waals surface area contributed by atoms with Crippen molar-refractivity contribution in [2.75, 3.05) is 20.6 Å². The van der Waals surface area contributed by atoms with E-state index in [0.717, 1.165) is 24.4 Å². The number of likely N-dealkylation sites (N-methyl/N-ethyl adjacent to an activating group) is 1. The molecule has 20 heavy (non-hydrogen) atoms. The fourth-order valence-corrected chi connectivity index (χ4v) is 3.49. The van der Waals surface area contributed by atoms with E-state index in [2.05, 4.69) is 58.9 Å². The predicted molar refractivity (Wildman–Crippen MR) is 90.1 cm³/mol. The van der Waals surface area contributed by atoms with Crippen LogP contribution < -0.4 is 5.32 Å². The lowest BCUT2D eigenvalue weighted by Crippen LogP contribution is -2.44.